The van der Waals surface area contributed by atoms with Crippen molar-refractivity contribution in [2.45, 2.75) is 65.5 Å². The first-order valence-electron chi connectivity index (χ1n) is 10.7. The minimum absolute atomic E-state index is 0.240. The lowest BCUT2D eigenvalue weighted by molar-refractivity contribution is 0.119. The molecule has 2 aromatic heterocycles. The smallest absolute Gasteiger partial charge is 0.147 e. The summed E-state index contributed by atoms with van der Waals surface area (Å²) in [5, 5.41) is 1.87. The van der Waals surface area contributed by atoms with E-state index in [9.17, 15) is 0 Å². The number of unbranched alkanes of at least 4 members (excludes halogenated alkanes) is 2. The van der Waals surface area contributed by atoms with E-state index in [1.807, 2.05) is 13.0 Å². The largest absolute Gasteiger partial charge is 0.458 e. The van der Waals surface area contributed by atoms with Gasteiger partial charge in [-0.1, -0.05) is 12.5 Å². The highest BCUT2D eigenvalue weighted by atomic mass is 16.5. The van der Waals surface area contributed by atoms with E-state index in [1.165, 1.54) is 24.8 Å². The molecule has 0 aliphatic carbocycles. The molecule has 0 spiro atoms. The van der Waals surface area contributed by atoms with Gasteiger partial charge in [-0.25, -0.2) is 4.98 Å². The number of pyridine rings is 1. The molecule has 0 aliphatic heterocycles. The van der Waals surface area contributed by atoms with Crippen LogP contribution in [0.4, 0.5) is 5.82 Å². The lowest BCUT2D eigenvalue weighted by Crippen LogP contribution is -2.38. The van der Waals surface area contributed by atoms with Crippen LogP contribution >= 0.6 is 0 Å². The van der Waals surface area contributed by atoms with Crippen molar-refractivity contribution in [3.63, 3.8) is 0 Å². The SMILES string of the molecule is CCOCc1cc2c(N)nc3cc(CCCCCN(C)C(C)(C)C)ccc3c2o1. The zero-order valence-corrected chi connectivity index (χ0v) is 18.5. The number of hydrogen-bond donors (Lipinski definition) is 1. The van der Waals surface area contributed by atoms with Crippen molar-refractivity contribution in [2.24, 2.45) is 0 Å². The summed E-state index contributed by atoms with van der Waals surface area (Å²) in [4.78, 5) is 7.04. The fourth-order valence-electron chi connectivity index (χ4n) is 3.50. The number of nitrogen functional groups attached to an aromatic ring is 1. The highest BCUT2D eigenvalue weighted by Gasteiger charge is 2.16. The van der Waals surface area contributed by atoms with Crippen LogP contribution in [0.15, 0.2) is 28.7 Å². The van der Waals surface area contributed by atoms with Crippen LogP contribution in [-0.2, 0) is 17.8 Å². The molecular formula is C24H35N3O2. The number of aromatic nitrogens is 1. The van der Waals surface area contributed by atoms with Gasteiger partial charge in [0.1, 0.15) is 23.8 Å². The third kappa shape index (κ3) is 5.28. The Morgan fingerprint density at radius 2 is 1.90 bits per heavy atom. The average molecular weight is 398 g/mol. The lowest BCUT2D eigenvalue weighted by Gasteiger charge is -2.31. The first kappa shape index (κ1) is 21.6. The zero-order valence-electron chi connectivity index (χ0n) is 18.5. The molecule has 29 heavy (non-hydrogen) atoms. The van der Waals surface area contributed by atoms with E-state index >= 15 is 0 Å². The van der Waals surface area contributed by atoms with E-state index < -0.39 is 0 Å². The number of benzene rings is 1. The summed E-state index contributed by atoms with van der Waals surface area (Å²) in [6.45, 7) is 11.0. The summed E-state index contributed by atoms with van der Waals surface area (Å²) in [5.41, 5.74) is 9.45. The van der Waals surface area contributed by atoms with Gasteiger partial charge in [0.25, 0.3) is 0 Å². The van der Waals surface area contributed by atoms with Crippen molar-refractivity contribution in [1.82, 2.24) is 9.88 Å². The standard InChI is InChI=1S/C24H35N3O2/c1-6-28-16-18-15-20-22(29-18)19-12-11-17(14-21(19)26-23(20)25)10-8-7-9-13-27(5)24(2,3)4/h11-12,14-15H,6-10,13,16H2,1-5H3,(H2,25,26). The second kappa shape index (κ2) is 9.14. The Labute approximate surface area is 174 Å². The molecule has 0 radical (unpaired) electrons. The Morgan fingerprint density at radius 3 is 2.62 bits per heavy atom. The summed E-state index contributed by atoms with van der Waals surface area (Å²) in [6, 6.07) is 8.39. The molecule has 5 nitrogen and oxygen atoms in total. The molecule has 3 rings (SSSR count). The van der Waals surface area contributed by atoms with Gasteiger partial charge in [-0.3, -0.25) is 0 Å². The van der Waals surface area contributed by atoms with Crippen molar-refractivity contribution < 1.29 is 9.15 Å². The van der Waals surface area contributed by atoms with Gasteiger partial charge in [0.15, 0.2) is 0 Å². The predicted octanol–water partition coefficient (Wildman–Crippen LogP) is 5.54. The molecule has 0 unspecified atom stereocenters. The van der Waals surface area contributed by atoms with E-state index in [0.717, 1.165) is 40.6 Å². The quantitative estimate of drug-likeness (QED) is 0.480. The Hall–Kier alpha value is -2.11. The van der Waals surface area contributed by atoms with Crippen LogP contribution in [0.2, 0.25) is 0 Å². The highest BCUT2D eigenvalue weighted by molar-refractivity contribution is 6.06. The second-order valence-electron chi connectivity index (χ2n) is 8.84. The van der Waals surface area contributed by atoms with Gasteiger partial charge in [0, 0.05) is 17.5 Å². The van der Waals surface area contributed by atoms with E-state index in [1.54, 1.807) is 0 Å². The van der Waals surface area contributed by atoms with Crippen LogP contribution in [0.3, 0.4) is 0 Å². The summed E-state index contributed by atoms with van der Waals surface area (Å²) in [5.74, 6) is 1.30. The van der Waals surface area contributed by atoms with E-state index in [-0.39, 0.29) is 5.54 Å². The van der Waals surface area contributed by atoms with Crippen LogP contribution in [-0.4, -0.2) is 35.6 Å². The Balaban J connectivity index is 1.66. The van der Waals surface area contributed by atoms with E-state index in [2.05, 4.69) is 55.9 Å². The molecule has 0 fully saturated rings. The molecule has 2 N–H and O–H groups in total. The van der Waals surface area contributed by atoms with Crippen molar-refractivity contribution >= 4 is 27.7 Å². The van der Waals surface area contributed by atoms with Crippen molar-refractivity contribution in [3.8, 4) is 0 Å². The second-order valence-corrected chi connectivity index (χ2v) is 8.84. The molecule has 0 bridgehead atoms. The van der Waals surface area contributed by atoms with Crippen molar-refractivity contribution in [3.05, 3.63) is 35.6 Å². The maximum Gasteiger partial charge on any atom is 0.147 e. The van der Waals surface area contributed by atoms with Gasteiger partial charge in [-0.15, -0.1) is 0 Å². The van der Waals surface area contributed by atoms with Crippen LogP contribution in [0.5, 0.6) is 0 Å². The molecule has 0 saturated carbocycles. The Bertz CT molecular complexity index is 956. The summed E-state index contributed by atoms with van der Waals surface area (Å²) in [6.07, 6.45) is 4.69. The van der Waals surface area contributed by atoms with Gasteiger partial charge < -0.3 is 19.8 Å². The van der Waals surface area contributed by atoms with E-state index in [0.29, 0.717) is 19.0 Å². The molecule has 3 aromatic rings. The number of aryl methyl sites for hydroxylation is 1. The first-order chi connectivity index (χ1) is 13.8. The lowest BCUT2D eigenvalue weighted by atomic mass is 10.0. The van der Waals surface area contributed by atoms with Crippen LogP contribution in [0, 0.1) is 0 Å². The maximum absolute atomic E-state index is 6.20. The number of furan rings is 1. The highest BCUT2D eigenvalue weighted by Crippen LogP contribution is 2.31. The monoisotopic (exact) mass is 397 g/mol. The Morgan fingerprint density at radius 1 is 1.10 bits per heavy atom. The predicted molar refractivity (Wildman–Crippen MR) is 121 cm³/mol. The molecule has 0 amide bonds. The zero-order chi connectivity index (χ0) is 21.0. The van der Waals surface area contributed by atoms with Crippen LogP contribution in [0.1, 0.15) is 58.3 Å². The van der Waals surface area contributed by atoms with Crippen LogP contribution in [0.25, 0.3) is 21.9 Å². The number of nitrogens with zero attached hydrogens (tertiary/aromatic N) is 2. The molecule has 5 heteroatoms. The molecule has 2 heterocycles. The minimum atomic E-state index is 0.240. The maximum atomic E-state index is 6.20. The molecule has 1 aromatic carbocycles. The number of anilines is 1. The molecular weight excluding hydrogens is 362 g/mol. The molecule has 0 saturated heterocycles. The summed E-state index contributed by atoms with van der Waals surface area (Å²) in [7, 11) is 2.20. The number of nitrogens with two attached hydrogens (primary N) is 1. The van der Waals surface area contributed by atoms with E-state index in [4.69, 9.17) is 14.9 Å². The fraction of sp³-hybridized carbons (Fsp3) is 0.542. The summed E-state index contributed by atoms with van der Waals surface area (Å²) < 4.78 is 11.5. The normalized spacial score (nSPS) is 12.5. The van der Waals surface area contributed by atoms with Gasteiger partial charge in [-0.2, -0.15) is 0 Å². The van der Waals surface area contributed by atoms with Crippen molar-refractivity contribution in [1.29, 1.82) is 0 Å². The average Bonchev–Trinajstić information content (AvgIpc) is 3.10. The van der Waals surface area contributed by atoms with Crippen LogP contribution < -0.4 is 5.73 Å². The summed E-state index contributed by atoms with van der Waals surface area (Å²) >= 11 is 0. The Kier molecular flexibility index (Phi) is 6.81. The van der Waals surface area contributed by atoms with Gasteiger partial charge in [0.05, 0.1) is 10.9 Å². The van der Waals surface area contributed by atoms with Crippen molar-refractivity contribution in [2.75, 3.05) is 25.9 Å². The van der Waals surface area contributed by atoms with Gasteiger partial charge in [0.2, 0.25) is 0 Å². The fourth-order valence-corrected chi connectivity index (χ4v) is 3.50. The number of ether oxygens (including phenoxy) is 1. The minimum Gasteiger partial charge on any atom is -0.458 e. The third-order valence-corrected chi connectivity index (χ3v) is 5.66. The van der Waals surface area contributed by atoms with Gasteiger partial charge >= 0.3 is 0 Å². The van der Waals surface area contributed by atoms with Gasteiger partial charge in [-0.05, 0) is 84.3 Å². The molecule has 158 valence electrons. The number of hydrogen-bond acceptors (Lipinski definition) is 5. The molecule has 0 aliphatic rings. The first-order valence-corrected chi connectivity index (χ1v) is 10.7. The number of fused-ring (bicyclic) bond motifs is 3. The topological polar surface area (TPSA) is 64.5 Å². The number of rotatable bonds is 9. The molecule has 0 atom stereocenters. The third-order valence-electron chi connectivity index (χ3n) is 5.66.